The zero-order valence-electron chi connectivity index (χ0n) is 10.4. The molecule has 0 spiro atoms. The number of aliphatic hydroxyl groups excluding tert-OH is 1. The second kappa shape index (κ2) is 7.06. The molecule has 104 valence electrons. The van der Waals surface area contributed by atoms with Crippen molar-refractivity contribution >= 4 is 23.2 Å². The number of rotatable bonds is 6. The van der Waals surface area contributed by atoms with Gasteiger partial charge in [-0.1, -0.05) is 24.6 Å². The first-order valence-corrected chi connectivity index (χ1v) is 6.24. The van der Waals surface area contributed by atoms with Crippen LogP contribution in [0.2, 0.25) is 5.02 Å². The summed E-state index contributed by atoms with van der Waals surface area (Å²) in [5.74, 6) is -0.611. The maximum absolute atomic E-state index is 11.9. The lowest BCUT2D eigenvalue weighted by Gasteiger charge is -2.09. The van der Waals surface area contributed by atoms with Crippen LogP contribution < -0.4 is 5.32 Å². The first-order valence-electron chi connectivity index (χ1n) is 5.86. The molecule has 6 nitrogen and oxygen atoms in total. The fourth-order valence-corrected chi connectivity index (χ4v) is 1.79. The lowest BCUT2D eigenvalue weighted by molar-refractivity contribution is -0.385. The number of nitrogens with one attached hydrogen (secondary N) is 1. The lowest BCUT2D eigenvalue weighted by atomic mass is 10.1. The molecule has 0 fully saturated rings. The number of aliphatic hydroxyl groups is 1. The van der Waals surface area contributed by atoms with Crippen LogP contribution in [0.1, 0.15) is 30.1 Å². The summed E-state index contributed by atoms with van der Waals surface area (Å²) in [4.78, 5) is 22.1. The van der Waals surface area contributed by atoms with Gasteiger partial charge in [0.15, 0.2) is 0 Å². The third kappa shape index (κ3) is 4.18. The van der Waals surface area contributed by atoms with Gasteiger partial charge in [-0.3, -0.25) is 14.9 Å². The number of benzene rings is 1. The summed E-state index contributed by atoms with van der Waals surface area (Å²) in [6, 6.07) is 4.06. The molecule has 1 rings (SSSR count). The zero-order valence-corrected chi connectivity index (χ0v) is 11.2. The van der Waals surface area contributed by atoms with Gasteiger partial charge in [-0.15, -0.1) is 0 Å². The minimum absolute atomic E-state index is 0.0303. The Morgan fingerprint density at radius 2 is 2.26 bits per heavy atom. The third-order valence-corrected chi connectivity index (χ3v) is 2.96. The highest BCUT2D eigenvalue weighted by Crippen LogP contribution is 2.25. The molecule has 1 unspecified atom stereocenters. The Bertz CT molecular complexity index is 479. The van der Waals surface area contributed by atoms with E-state index in [2.05, 4.69) is 5.32 Å². The van der Waals surface area contributed by atoms with E-state index in [1.165, 1.54) is 18.2 Å². The molecule has 1 amide bonds. The average molecular weight is 287 g/mol. The molecule has 1 aromatic rings. The molecule has 0 heterocycles. The minimum Gasteiger partial charge on any atom is -0.393 e. The Hall–Kier alpha value is -1.66. The van der Waals surface area contributed by atoms with Crippen molar-refractivity contribution in [2.45, 2.75) is 25.9 Å². The molecular formula is C12H15ClN2O4. The Kier molecular flexibility index (Phi) is 5.72. The van der Waals surface area contributed by atoms with Crippen LogP contribution in [0.15, 0.2) is 18.2 Å². The number of nitro groups is 1. The molecule has 7 heteroatoms. The molecule has 0 bridgehead atoms. The van der Waals surface area contributed by atoms with E-state index in [9.17, 15) is 20.0 Å². The Balaban J connectivity index is 2.79. The van der Waals surface area contributed by atoms with Crippen LogP contribution in [-0.2, 0) is 0 Å². The molecule has 1 aromatic carbocycles. The van der Waals surface area contributed by atoms with E-state index in [1.807, 2.05) is 6.92 Å². The second-order valence-corrected chi connectivity index (χ2v) is 4.40. The monoisotopic (exact) mass is 286 g/mol. The van der Waals surface area contributed by atoms with E-state index in [0.29, 0.717) is 12.8 Å². The van der Waals surface area contributed by atoms with Crippen LogP contribution in [0, 0.1) is 10.1 Å². The predicted octanol–water partition coefficient (Wildman–Crippen LogP) is 2.14. The van der Waals surface area contributed by atoms with Gasteiger partial charge in [0.1, 0.15) is 5.56 Å². The van der Waals surface area contributed by atoms with Crippen molar-refractivity contribution in [3.05, 3.63) is 38.9 Å². The van der Waals surface area contributed by atoms with Gasteiger partial charge in [0, 0.05) is 12.6 Å². The SMILES string of the molecule is CCC(O)CCNC(=O)c1c(Cl)cccc1[N+](=O)[O-]. The van der Waals surface area contributed by atoms with E-state index in [0.717, 1.165) is 0 Å². The number of carbonyl (C=O) groups is 1. The van der Waals surface area contributed by atoms with Crippen LogP contribution in [-0.4, -0.2) is 28.6 Å². The molecule has 0 saturated carbocycles. The molecule has 2 N–H and O–H groups in total. The van der Waals surface area contributed by atoms with E-state index in [-0.39, 0.29) is 22.8 Å². The van der Waals surface area contributed by atoms with Gasteiger partial charge in [0.05, 0.1) is 16.0 Å². The van der Waals surface area contributed by atoms with Gasteiger partial charge in [-0.2, -0.15) is 0 Å². The third-order valence-electron chi connectivity index (χ3n) is 2.65. The van der Waals surface area contributed by atoms with Crippen molar-refractivity contribution in [1.82, 2.24) is 5.32 Å². The van der Waals surface area contributed by atoms with Crippen molar-refractivity contribution in [1.29, 1.82) is 0 Å². The normalized spacial score (nSPS) is 11.9. The van der Waals surface area contributed by atoms with Gasteiger partial charge in [0.25, 0.3) is 11.6 Å². The first kappa shape index (κ1) is 15.4. The summed E-state index contributed by atoms with van der Waals surface area (Å²) in [6.45, 7) is 2.06. The van der Waals surface area contributed by atoms with Gasteiger partial charge in [-0.05, 0) is 18.9 Å². The van der Waals surface area contributed by atoms with Crippen LogP contribution in [0.25, 0.3) is 0 Å². The Morgan fingerprint density at radius 1 is 1.58 bits per heavy atom. The maximum Gasteiger partial charge on any atom is 0.283 e. The zero-order chi connectivity index (χ0) is 14.4. The topological polar surface area (TPSA) is 92.5 Å². The number of nitrogens with zero attached hydrogens (tertiary/aromatic N) is 1. The average Bonchev–Trinajstić information content (AvgIpc) is 2.37. The molecule has 19 heavy (non-hydrogen) atoms. The highest BCUT2D eigenvalue weighted by Gasteiger charge is 2.22. The van der Waals surface area contributed by atoms with Crippen LogP contribution in [0.4, 0.5) is 5.69 Å². The second-order valence-electron chi connectivity index (χ2n) is 4.00. The molecule has 1 atom stereocenters. The highest BCUT2D eigenvalue weighted by molar-refractivity contribution is 6.34. The lowest BCUT2D eigenvalue weighted by Crippen LogP contribution is -2.27. The molecule has 0 aliphatic rings. The molecule has 0 aliphatic heterocycles. The van der Waals surface area contributed by atoms with Crippen molar-refractivity contribution in [2.24, 2.45) is 0 Å². The smallest absolute Gasteiger partial charge is 0.283 e. The standard InChI is InChI=1S/C12H15ClN2O4/c1-2-8(16)6-7-14-12(17)11-9(13)4-3-5-10(11)15(18)19/h3-5,8,16H,2,6-7H2,1H3,(H,14,17). The van der Waals surface area contributed by atoms with Gasteiger partial charge >= 0.3 is 0 Å². The van der Waals surface area contributed by atoms with Crippen LogP contribution in [0.3, 0.4) is 0 Å². The summed E-state index contributed by atoms with van der Waals surface area (Å²) in [6.07, 6.45) is 0.476. The van der Waals surface area contributed by atoms with Gasteiger partial charge in [-0.25, -0.2) is 0 Å². The van der Waals surface area contributed by atoms with Gasteiger partial charge < -0.3 is 10.4 Å². The number of hydrogen-bond donors (Lipinski definition) is 2. The first-order chi connectivity index (χ1) is 8.97. The predicted molar refractivity (Wildman–Crippen MR) is 71.4 cm³/mol. The van der Waals surface area contributed by atoms with E-state index >= 15 is 0 Å². The molecule has 0 aromatic heterocycles. The van der Waals surface area contributed by atoms with Gasteiger partial charge in [0.2, 0.25) is 0 Å². The molecule has 0 radical (unpaired) electrons. The fraction of sp³-hybridized carbons (Fsp3) is 0.417. The van der Waals surface area contributed by atoms with Crippen LogP contribution in [0.5, 0.6) is 0 Å². The fourth-order valence-electron chi connectivity index (χ4n) is 1.53. The van der Waals surface area contributed by atoms with E-state index in [4.69, 9.17) is 11.6 Å². The van der Waals surface area contributed by atoms with Crippen LogP contribution >= 0.6 is 11.6 Å². The summed E-state index contributed by atoms with van der Waals surface area (Å²) in [5.41, 5.74) is -0.485. The maximum atomic E-state index is 11.9. The highest BCUT2D eigenvalue weighted by atomic mass is 35.5. The summed E-state index contributed by atoms with van der Waals surface area (Å²) < 4.78 is 0. The van der Waals surface area contributed by atoms with Crippen molar-refractivity contribution < 1.29 is 14.8 Å². The number of amides is 1. The largest absolute Gasteiger partial charge is 0.393 e. The Morgan fingerprint density at radius 3 is 2.84 bits per heavy atom. The van der Waals surface area contributed by atoms with Crippen molar-refractivity contribution in [3.63, 3.8) is 0 Å². The van der Waals surface area contributed by atoms with Crippen molar-refractivity contribution in [2.75, 3.05) is 6.54 Å². The number of halogens is 1. The van der Waals surface area contributed by atoms with E-state index < -0.39 is 16.9 Å². The number of nitro benzene ring substituents is 1. The number of hydrogen-bond acceptors (Lipinski definition) is 4. The summed E-state index contributed by atoms with van der Waals surface area (Å²) in [5, 5.41) is 22.7. The Labute approximate surface area is 115 Å². The van der Waals surface area contributed by atoms with E-state index in [1.54, 1.807) is 0 Å². The summed E-state index contributed by atoms with van der Waals surface area (Å²) >= 11 is 5.82. The summed E-state index contributed by atoms with van der Waals surface area (Å²) in [7, 11) is 0. The quantitative estimate of drug-likeness (QED) is 0.619. The molecule has 0 saturated heterocycles. The van der Waals surface area contributed by atoms with Crippen molar-refractivity contribution in [3.8, 4) is 0 Å². The molecular weight excluding hydrogens is 272 g/mol. The minimum atomic E-state index is -0.651. The number of carbonyl (C=O) groups excluding carboxylic acids is 1. The molecule has 0 aliphatic carbocycles.